The Balaban J connectivity index is 1.53. The Morgan fingerprint density at radius 2 is 2.04 bits per heavy atom. The van der Waals surface area contributed by atoms with E-state index in [-0.39, 0.29) is 30.7 Å². The lowest BCUT2D eigenvalue weighted by atomic mass is 9.45. The summed E-state index contributed by atoms with van der Waals surface area (Å²) < 4.78 is 12.9. The first-order chi connectivity index (χ1) is 11.0. The summed E-state index contributed by atoms with van der Waals surface area (Å²) in [4.78, 5) is 14.6. The lowest BCUT2D eigenvalue weighted by molar-refractivity contribution is -0.185. The minimum Gasteiger partial charge on any atom is -0.404 e. The van der Waals surface area contributed by atoms with E-state index in [0.29, 0.717) is 11.3 Å². The molecule has 2 bridgehead atoms. The molecule has 0 radical (unpaired) electrons. The van der Waals surface area contributed by atoms with Crippen molar-refractivity contribution in [1.82, 2.24) is 4.90 Å². The molecule has 6 heteroatoms. The van der Waals surface area contributed by atoms with Gasteiger partial charge in [-0.1, -0.05) is 13.8 Å². The number of carbonyl (C=O) groups excluding carboxylic acids is 1. The molecule has 0 aromatic rings. The maximum absolute atomic E-state index is 12.7. The van der Waals surface area contributed by atoms with E-state index in [1.807, 2.05) is 4.90 Å². The summed E-state index contributed by atoms with van der Waals surface area (Å²) in [5, 5.41) is 0. The van der Waals surface area contributed by atoms with Crippen molar-refractivity contribution in [2.24, 2.45) is 23.0 Å². The minimum absolute atomic E-state index is 0.00172. The van der Waals surface area contributed by atoms with Crippen LogP contribution in [0.4, 0.5) is 0 Å². The van der Waals surface area contributed by atoms with E-state index in [2.05, 4.69) is 20.8 Å². The van der Waals surface area contributed by atoms with Gasteiger partial charge in [-0.05, 0) is 63.7 Å². The Bertz CT molecular complexity index is 561. The Morgan fingerprint density at radius 1 is 1.33 bits per heavy atom. The maximum Gasteiger partial charge on any atom is 0.481 e. The molecule has 2 aliphatic heterocycles. The monoisotopic (exact) mass is 334 g/mol. The minimum atomic E-state index is -0.846. The van der Waals surface area contributed by atoms with E-state index in [1.165, 1.54) is 6.42 Å². The summed E-state index contributed by atoms with van der Waals surface area (Å²) in [6.07, 6.45) is 4.42. The second-order valence-electron chi connectivity index (χ2n) is 9.85. The molecule has 3 saturated carbocycles. The summed E-state index contributed by atoms with van der Waals surface area (Å²) in [5.41, 5.74) is 5.37. The van der Waals surface area contributed by atoms with Crippen LogP contribution >= 0.6 is 0 Å². The van der Waals surface area contributed by atoms with Crippen LogP contribution in [0.5, 0.6) is 0 Å². The molecule has 24 heavy (non-hydrogen) atoms. The predicted octanol–water partition coefficient (Wildman–Crippen LogP) is 1.98. The van der Waals surface area contributed by atoms with Crippen LogP contribution in [0.15, 0.2) is 0 Å². The predicted molar refractivity (Wildman–Crippen MR) is 93.1 cm³/mol. The van der Waals surface area contributed by atoms with E-state index in [4.69, 9.17) is 15.0 Å². The zero-order valence-corrected chi connectivity index (χ0v) is 15.7. The highest BCUT2D eigenvalue weighted by Gasteiger charge is 2.68. The van der Waals surface area contributed by atoms with Gasteiger partial charge >= 0.3 is 7.12 Å². The van der Waals surface area contributed by atoms with Crippen LogP contribution < -0.4 is 5.73 Å². The second-order valence-corrected chi connectivity index (χ2v) is 9.85. The molecule has 0 unspecified atom stereocenters. The molecule has 1 amide bonds. The topological polar surface area (TPSA) is 64.8 Å². The van der Waals surface area contributed by atoms with E-state index < -0.39 is 5.54 Å². The molecule has 5 rings (SSSR count). The molecule has 5 aliphatic rings. The highest BCUT2D eigenvalue weighted by atomic mass is 16.7. The lowest BCUT2D eigenvalue weighted by Crippen LogP contribution is -2.63. The number of nitrogens with two attached hydrogens (primary N) is 1. The van der Waals surface area contributed by atoms with Crippen molar-refractivity contribution in [3.05, 3.63) is 0 Å². The van der Waals surface area contributed by atoms with Crippen LogP contribution in [-0.4, -0.2) is 47.7 Å². The van der Waals surface area contributed by atoms with Gasteiger partial charge in [-0.2, -0.15) is 0 Å². The average Bonchev–Trinajstić information content (AvgIpc) is 3.07. The molecule has 2 N–H and O–H groups in total. The Kier molecular flexibility index (Phi) is 3.50. The molecule has 0 aromatic heterocycles. The SMILES string of the molecule is CC(C)(N)C(=O)N1CCC[C@H]1B1O[C@@H]2[C@@H]3C[C@H](C[C@]2(C)O1)C3(C)C. The number of likely N-dealkylation sites (tertiary alicyclic amines) is 1. The number of carbonyl (C=O) groups is 1. The first-order valence-corrected chi connectivity index (χ1v) is 9.47. The molecule has 5 atom stereocenters. The molecule has 3 aliphatic carbocycles. The number of nitrogens with zero attached hydrogens (tertiary/aromatic N) is 1. The van der Waals surface area contributed by atoms with Crippen LogP contribution in [0, 0.1) is 17.3 Å². The van der Waals surface area contributed by atoms with Gasteiger partial charge in [0, 0.05) is 6.54 Å². The van der Waals surface area contributed by atoms with Crippen molar-refractivity contribution in [3.8, 4) is 0 Å². The standard InChI is InChI=1S/C18H31BN2O3/c1-16(2)11-9-12(16)14-18(5,10-11)24-19(23-14)13-7-6-8-21(13)15(22)17(3,4)20/h11-14H,6-10,20H2,1-5H3/t11-,12+,13+,14-,18+/m1/s1. The quantitative estimate of drug-likeness (QED) is 0.785. The summed E-state index contributed by atoms with van der Waals surface area (Å²) in [6, 6.07) is 0. The maximum atomic E-state index is 12.7. The Morgan fingerprint density at radius 3 is 2.67 bits per heavy atom. The number of rotatable bonds is 2. The fourth-order valence-corrected chi connectivity index (χ4v) is 5.61. The summed E-state index contributed by atoms with van der Waals surface area (Å²) in [5.74, 6) is 1.31. The molecule has 0 aromatic carbocycles. The Labute approximate surface area is 145 Å². The molecule has 2 heterocycles. The summed E-state index contributed by atoms with van der Waals surface area (Å²) in [6.45, 7) is 11.3. The van der Waals surface area contributed by atoms with E-state index in [0.717, 1.165) is 31.7 Å². The molecule has 134 valence electrons. The lowest BCUT2D eigenvalue weighted by Gasteiger charge is -2.63. The molecular weight excluding hydrogens is 303 g/mol. The normalized spacial score (nSPS) is 43.6. The molecule has 2 saturated heterocycles. The van der Waals surface area contributed by atoms with Gasteiger partial charge in [0.05, 0.1) is 23.2 Å². The van der Waals surface area contributed by atoms with Crippen molar-refractivity contribution < 1.29 is 14.1 Å². The van der Waals surface area contributed by atoms with Crippen LogP contribution in [0.1, 0.15) is 60.3 Å². The van der Waals surface area contributed by atoms with Crippen molar-refractivity contribution >= 4 is 13.0 Å². The van der Waals surface area contributed by atoms with Gasteiger partial charge in [-0.25, -0.2) is 0 Å². The molecule has 0 spiro atoms. The third-order valence-corrected chi connectivity index (χ3v) is 7.26. The van der Waals surface area contributed by atoms with E-state index >= 15 is 0 Å². The van der Waals surface area contributed by atoms with Gasteiger partial charge in [-0.3, -0.25) is 4.79 Å². The largest absolute Gasteiger partial charge is 0.481 e. The van der Waals surface area contributed by atoms with Gasteiger partial charge in [0.1, 0.15) is 0 Å². The van der Waals surface area contributed by atoms with Gasteiger partial charge in [0.2, 0.25) is 5.91 Å². The molecular formula is C18H31BN2O3. The highest BCUT2D eigenvalue weighted by Crippen LogP contribution is 2.64. The first kappa shape index (κ1) is 16.9. The summed E-state index contributed by atoms with van der Waals surface area (Å²) >= 11 is 0. The molecule has 5 nitrogen and oxygen atoms in total. The zero-order chi connectivity index (χ0) is 17.5. The fraction of sp³-hybridized carbons (Fsp3) is 0.944. The zero-order valence-electron chi connectivity index (χ0n) is 15.7. The van der Waals surface area contributed by atoms with Crippen molar-refractivity contribution in [3.63, 3.8) is 0 Å². The number of amides is 1. The van der Waals surface area contributed by atoms with Gasteiger partial charge in [0.25, 0.3) is 0 Å². The van der Waals surface area contributed by atoms with Crippen LogP contribution in [0.3, 0.4) is 0 Å². The van der Waals surface area contributed by atoms with Crippen molar-refractivity contribution in [2.45, 2.75) is 83.5 Å². The smallest absolute Gasteiger partial charge is 0.404 e. The number of hydrogen-bond acceptors (Lipinski definition) is 4. The average molecular weight is 334 g/mol. The summed E-state index contributed by atoms with van der Waals surface area (Å²) in [7, 11) is -0.302. The number of hydrogen-bond donors (Lipinski definition) is 1. The van der Waals surface area contributed by atoms with Crippen LogP contribution in [0.25, 0.3) is 0 Å². The van der Waals surface area contributed by atoms with Gasteiger partial charge in [0.15, 0.2) is 0 Å². The van der Waals surface area contributed by atoms with Crippen molar-refractivity contribution in [1.29, 1.82) is 0 Å². The van der Waals surface area contributed by atoms with Crippen LogP contribution in [-0.2, 0) is 14.1 Å². The van der Waals surface area contributed by atoms with Crippen molar-refractivity contribution in [2.75, 3.05) is 6.54 Å². The van der Waals surface area contributed by atoms with Crippen LogP contribution in [0.2, 0.25) is 0 Å². The van der Waals surface area contributed by atoms with Gasteiger partial charge in [-0.15, -0.1) is 0 Å². The van der Waals surface area contributed by atoms with Gasteiger partial charge < -0.3 is 19.9 Å². The Hall–Kier alpha value is -0.585. The first-order valence-electron chi connectivity index (χ1n) is 9.47. The fourth-order valence-electron chi connectivity index (χ4n) is 5.61. The second kappa shape index (κ2) is 4.98. The highest BCUT2D eigenvalue weighted by molar-refractivity contribution is 6.48. The van der Waals surface area contributed by atoms with E-state index in [1.54, 1.807) is 13.8 Å². The third kappa shape index (κ3) is 2.22. The molecule has 5 fully saturated rings. The van der Waals surface area contributed by atoms with E-state index in [9.17, 15) is 4.79 Å². The third-order valence-electron chi connectivity index (χ3n) is 7.26.